The van der Waals surface area contributed by atoms with Crippen LogP contribution in [0.5, 0.6) is 11.5 Å². The molecule has 0 spiro atoms. The highest BCUT2D eigenvalue weighted by atomic mass is 35.5. The Labute approximate surface area is 233 Å². The summed E-state index contributed by atoms with van der Waals surface area (Å²) in [7, 11) is 0. The number of aromatic nitrogens is 6. The Morgan fingerprint density at radius 2 is 1.85 bits per heavy atom. The molecule has 5 aromatic rings. The number of carbonyl (C=O) groups excluding carboxylic acids is 2. The number of hydrogen-bond donors (Lipinski definition) is 2. The Morgan fingerprint density at radius 1 is 1.05 bits per heavy atom. The first-order valence-corrected chi connectivity index (χ1v) is 12.9. The highest BCUT2D eigenvalue weighted by molar-refractivity contribution is 6.32. The van der Waals surface area contributed by atoms with E-state index in [0.717, 1.165) is 0 Å². The van der Waals surface area contributed by atoms with Gasteiger partial charge in [-0.05, 0) is 49.2 Å². The van der Waals surface area contributed by atoms with Gasteiger partial charge in [0.2, 0.25) is 5.91 Å². The van der Waals surface area contributed by atoms with E-state index in [4.69, 9.17) is 16.3 Å². The molecule has 0 radical (unpaired) electrons. The van der Waals surface area contributed by atoms with E-state index in [0.29, 0.717) is 70.7 Å². The quantitative estimate of drug-likeness (QED) is 0.288. The number of pyridine rings is 1. The lowest BCUT2D eigenvalue weighted by Crippen LogP contribution is -2.46. The third-order valence-corrected chi connectivity index (χ3v) is 6.94. The first-order chi connectivity index (χ1) is 19.5. The molecule has 0 bridgehead atoms. The fourth-order valence-electron chi connectivity index (χ4n) is 4.60. The second-order valence-electron chi connectivity index (χ2n) is 9.24. The molecular weight excluding hydrogens is 534 g/mol. The van der Waals surface area contributed by atoms with Gasteiger partial charge < -0.3 is 20.3 Å². The molecule has 1 aliphatic heterocycles. The third-order valence-electron chi connectivity index (χ3n) is 6.64. The molecule has 0 saturated carbocycles. The van der Waals surface area contributed by atoms with E-state index >= 15 is 0 Å². The minimum atomic E-state index is -0.198. The lowest BCUT2D eigenvalue weighted by Gasteiger charge is -2.32. The first kappa shape index (κ1) is 25.3. The van der Waals surface area contributed by atoms with E-state index in [1.165, 1.54) is 18.7 Å². The molecular formula is C27H24ClN9O3. The third kappa shape index (κ3) is 5.16. The van der Waals surface area contributed by atoms with Gasteiger partial charge in [0, 0.05) is 43.3 Å². The SMILES string of the molecule is C=CC(=O)NC1CCN(C(=O)c2cc3c(Nc4ccc(Oc5ccn6ncnc6c5)c(Cl)c4)ncnn3c2)CC1. The molecule has 202 valence electrons. The molecule has 12 nitrogen and oxygen atoms in total. The van der Waals surface area contributed by atoms with Gasteiger partial charge in [-0.25, -0.2) is 19.0 Å². The normalized spacial score (nSPS) is 13.9. The molecule has 2 N–H and O–H groups in total. The van der Waals surface area contributed by atoms with Crippen LogP contribution < -0.4 is 15.4 Å². The van der Waals surface area contributed by atoms with Crippen molar-refractivity contribution in [2.45, 2.75) is 18.9 Å². The lowest BCUT2D eigenvalue weighted by molar-refractivity contribution is -0.117. The standard InChI is InChI=1S/C27H24ClN9O3/c1-2-25(38)33-18-5-8-35(9-6-18)27(39)17-11-22-26(30-16-32-37(22)14-17)34-19-3-4-23(21(28)12-19)40-20-7-10-36-24(13-20)29-15-31-36/h2-4,7,10-16,18H,1,5-6,8-9H2,(H,33,38)(H,30,32,34). The Kier molecular flexibility index (Phi) is 6.74. The zero-order chi connectivity index (χ0) is 27.6. The molecule has 1 aromatic carbocycles. The number of likely N-dealkylation sites (tertiary alicyclic amines) is 1. The van der Waals surface area contributed by atoms with E-state index in [1.807, 2.05) is 6.07 Å². The lowest BCUT2D eigenvalue weighted by atomic mass is 10.0. The van der Waals surface area contributed by atoms with Gasteiger partial charge in [-0.2, -0.15) is 10.2 Å². The van der Waals surface area contributed by atoms with Crippen LogP contribution in [0, 0.1) is 0 Å². The minimum Gasteiger partial charge on any atom is -0.456 e. The topological polar surface area (TPSA) is 131 Å². The zero-order valence-electron chi connectivity index (χ0n) is 21.2. The Hall–Kier alpha value is -4.97. The number of hydrogen-bond acceptors (Lipinski definition) is 8. The number of piperidine rings is 1. The molecule has 0 aliphatic carbocycles. The second-order valence-corrected chi connectivity index (χ2v) is 9.65. The molecule has 0 atom stereocenters. The summed E-state index contributed by atoms with van der Waals surface area (Å²) in [6.45, 7) is 4.57. The van der Waals surface area contributed by atoms with Gasteiger partial charge in [-0.15, -0.1) is 0 Å². The van der Waals surface area contributed by atoms with Crippen molar-refractivity contribution in [2.24, 2.45) is 0 Å². The maximum Gasteiger partial charge on any atom is 0.255 e. The maximum atomic E-state index is 13.2. The molecule has 2 amide bonds. The molecule has 4 aromatic heterocycles. The van der Waals surface area contributed by atoms with Crippen LogP contribution in [0.4, 0.5) is 11.5 Å². The average molecular weight is 558 g/mol. The van der Waals surface area contributed by atoms with Crippen LogP contribution in [0.3, 0.4) is 0 Å². The van der Waals surface area contributed by atoms with Crippen LogP contribution in [0.15, 0.2) is 74.1 Å². The number of halogens is 1. The molecule has 5 heterocycles. The van der Waals surface area contributed by atoms with Gasteiger partial charge in [0.25, 0.3) is 5.91 Å². The van der Waals surface area contributed by atoms with E-state index in [2.05, 4.69) is 37.4 Å². The van der Waals surface area contributed by atoms with Crippen molar-refractivity contribution in [3.05, 3.63) is 84.7 Å². The van der Waals surface area contributed by atoms with Crippen LogP contribution in [0.1, 0.15) is 23.2 Å². The van der Waals surface area contributed by atoms with E-state index in [1.54, 1.807) is 56.7 Å². The molecule has 40 heavy (non-hydrogen) atoms. The summed E-state index contributed by atoms with van der Waals surface area (Å²) in [6, 6.07) is 10.6. The minimum absolute atomic E-state index is 0.0328. The number of carbonyl (C=O) groups is 2. The molecule has 1 aliphatic rings. The number of amides is 2. The van der Waals surface area contributed by atoms with Crippen molar-refractivity contribution in [2.75, 3.05) is 18.4 Å². The smallest absolute Gasteiger partial charge is 0.255 e. The molecule has 0 unspecified atom stereocenters. The summed E-state index contributed by atoms with van der Waals surface area (Å²) < 4.78 is 9.19. The maximum absolute atomic E-state index is 13.2. The van der Waals surface area contributed by atoms with E-state index in [-0.39, 0.29) is 17.9 Å². The predicted octanol–water partition coefficient (Wildman–Crippen LogP) is 3.87. The number of nitrogens with one attached hydrogen (secondary N) is 2. The highest BCUT2D eigenvalue weighted by Gasteiger charge is 2.25. The van der Waals surface area contributed by atoms with Gasteiger partial charge in [0.15, 0.2) is 11.5 Å². The molecule has 13 heteroatoms. The predicted molar refractivity (Wildman–Crippen MR) is 148 cm³/mol. The highest BCUT2D eigenvalue weighted by Crippen LogP contribution is 2.33. The van der Waals surface area contributed by atoms with Crippen molar-refractivity contribution in [1.82, 2.24) is 39.4 Å². The van der Waals surface area contributed by atoms with Crippen LogP contribution in [0.25, 0.3) is 11.2 Å². The van der Waals surface area contributed by atoms with Crippen molar-refractivity contribution in [3.63, 3.8) is 0 Å². The molecule has 6 rings (SSSR count). The Balaban J connectivity index is 1.15. The number of anilines is 2. The summed E-state index contributed by atoms with van der Waals surface area (Å²) in [4.78, 5) is 35.1. The summed E-state index contributed by atoms with van der Waals surface area (Å²) in [5, 5.41) is 14.9. The second kappa shape index (κ2) is 10.7. The van der Waals surface area contributed by atoms with E-state index < -0.39 is 0 Å². The van der Waals surface area contributed by atoms with Gasteiger partial charge in [0.1, 0.15) is 29.7 Å². The molecule has 1 saturated heterocycles. The number of ether oxygens (including phenoxy) is 1. The van der Waals surface area contributed by atoms with Crippen LogP contribution >= 0.6 is 11.6 Å². The van der Waals surface area contributed by atoms with Crippen LogP contribution in [-0.4, -0.2) is 65.0 Å². The number of benzene rings is 1. The van der Waals surface area contributed by atoms with Crippen LogP contribution in [-0.2, 0) is 4.79 Å². The Morgan fingerprint density at radius 3 is 2.65 bits per heavy atom. The van der Waals surface area contributed by atoms with Crippen molar-refractivity contribution < 1.29 is 14.3 Å². The van der Waals surface area contributed by atoms with Crippen molar-refractivity contribution in [1.29, 1.82) is 0 Å². The fraction of sp³-hybridized carbons (Fsp3) is 0.185. The van der Waals surface area contributed by atoms with Gasteiger partial charge in [-0.1, -0.05) is 18.2 Å². The van der Waals surface area contributed by atoms with Crippen LogP contribution in [0.2, 0.25) is 5.02 Å². The van der Waals surface area contributed by atoms with E-state index in [9.17, 15) is 9.59 Å². The van der Waals surface area contributed by atoms with Gasteiger partial charge >= 0.3 is 0 Å². The largest absolute Gasteiger partial charge is 0.456 e. The number of nitrogens with zero attached hydrogens (tertiary/aromatic N) is 7. The monoisotopic (exact) mass is 557 g/mol. The number of fused-ring (bicyclic) bond motifs is 2. The first-order valence-electron chi connectivity index (χ1n) is 12.6. The average Bonchev–Trinajstić information content (AvgIpc) is 3.62. The van der Waals surface area contributed by atoms with Gasteiger partial charge in [0.05, 0.1) is 10.6 Å². The van der Waals surface area contributed by atoms with Crippen molar-refractivity contribution in [3.8, 4) is 11.5 Å². The molecule has 1 fully saturated rings. The Bertz CT molecular complexity index is 1740. The summed E-state index contributed by atoms with van der Waals surface area (Å²) in [6.07, 6.45) is 8.95. The number of rotatable bonds is 7. The zero-order valence-corrected chi connectivity index (χ0v) is 22.0. The van der Waals surface area contributed by atoms with Gasteiger partial charge in [-0.3, -0.25) is 9.59 Å². The fourth-order valence-corrected chi connectivity index (χ4v) is 4.82. The van der Waals surface area contributed by atoms with Crippen molar-refractivity contribution >= 4 is 46.1 Å². The summed E-state index contributed by atoms with van der Waals surface area (Å²) >= 11 is 6.52. The summed E-state index contributed by atoms with van der Waals surface area (Å²) in [5.41, 5.74) is 2.48. The summed E-state index contributed by atoms with van der Waals surface area (Å²) in [5.74, 6) is 1.28.